The van der Waals surface area contributed by atoms with Gasteiger partial charge < -0.3 is 14.0 Å². The second kappa shape index (κ2) is 8.81. The second-order valence-corrected chi connectivity index (χ2v) is 7.99. The van der Waals surface area contributed by atoms with Crippen molar-refractivity contribution in [2.45, 2.75) is 20.8 Å². The molecule has 2 amide bonds. The van der Waals surface area contributed by atoms with Crippen LogP contribution < -0.4 is 0 Å². The molecule has 2 heterocycles. The summed E-state index contributed by atoms with van der Waals surface area (Å²) < 4.78 is 11.3. The van der Waals surface area contributed by atoms with E-state index in [0.29, 0.717) is 5.56 Å². The first kappa shape index (κ1) is 22.4. The van der Waals surface area contributed by atoms with E-state index in [1.165, 1.54) is 14.2 Å². The molecule has 0 saturated carbocycles. The molecule has 1 aromatic heterocycles. The standard InChI is InChI=1S/C22H22N2O6S/c1-12-8-15(21(27)30-5)6-7-17(12)24-13(2)9-16(14(24)3)10-18-20(26)23(22(28)31-18)11-19(25)29-4/h6-10H,11H2,1-5H3/b18-10-. The number of aromatic nitrogens is 1. The number of ether oxygens (including phenoxy) is 2. The van der Waals surface area contributed by atoms with Crippen molar-refractivity contribution >= 4 is 40.9 Å². The van der Waals surface area contributed by atoms with E-state index in [1.807, 2.05) is 37.5 Å². The largest absolute Gasteiger partial charge is 0.468 e. The molecular weight excluding hydrogens is 420 g/mol. The van der Waals surface area contributed by atoms with E-state index in [2.05, 4.69) is 4.74 Å². The molecule has 0 radical (unpaired) electrons. The Hall–Kier alpha value is -3.33. The Balaban J connectivity index is 1.96. The summed E-state index contributed by atoms with van der Waals surface area (Å²) in [6, 6.07) is 7.22. The van der Waals surface area contributed by atoms with E-state index in [-0.39, 0.29) is 4.91 Å². The average molecular weight is 442 g/mol. The summed E-state index contributed by atoms with van der Waals surface area (Å²) in [6.45, 7) is 5.33. The lowest BCUT2D eigenvalue weighted by atomic mass is 10.1. The summed E-state index contributed by atoms with van der Waals surface area (Å²) in [5, 5.41) is -0.510. The molecule has 0 atom stereocenters. The molecule has 1 saturated heterocycles. The summed E-state index contributed by atoms with van der Waals surface area (Å²) in [7, 11) is 2.54. The number of amides is 2. The van der Waals surface area contributed by atoms with Crippen LogP contribution in [0.3, 0.4) is 0 Å². The molecule has 162 valence electrons. The predicted octanol–water partition coefficient (Wildman–Crippen LogP) is 3.40. The number of nitrogens with zero attached hydrogens (tertiary/aromatic N) is 2. The lowest BCUT2D eigenvalue weighted by Gasteiger charge is -2.14. The summed E-state index contributed by atoms with van der Waals surface area (Å²) in [6.07, 6.45) is 1.65. The van der Waals surface area contributed by atoms with Crippen molar-refractivity contribution < 1.29 is 28.7 Å². The van der Waals surface area contributed by atoms with Crippen molar-refractivity contribution in [1.29, 1.82) is 0 Å². The maximum Gasteiger partial charge on any atom is 0.337 e. The number of methoxy groups -OCH3 is 2. The topological polar surface area (TPSA) is 94.9 Å². The minimum absolute atomic E-state index is 0.243. The third kappa shape index (κ3) is 4.27. The average Bonchev–Trinajstić information content (AvgIpc) is 3.16. The number of hydrogen-bond acceptors (Lipinski definition) is 7. The molecule has 0 unspecified atom stereocenters. The molecule has 8 nitrogen and oxygen atoms in total. The number of carbonyl (C=O) groups is 4. The van der Waals surface area contributed by atoms with Crippen LogP contribution >= 0.6 is 11.8 Å². The highest BCUT2D eigenvalue weighted by Gasteiger charge is 2.36. The maximum absolute atomic E-state index is 12.6. The van der Waals surface area contributed by atoms with Gasteiger partial charge in [0.1, 0.15) is 6.54 Å². The van der Waals surface area contributed by atoms with Gasteiger partial charge in [-0.1, -0.05) is 0 Å². The smallest absolute Gasteiger partial charge is 0.337 e. The molecule has 0 spiro atoms. The van der Waals surface area contributed by atoms with Crippen molar-refractivity contribution in [3.05, 3.63) is 57.2 Å². The minimum Gasteiger partial charge on any atom is -0.468 e. The van der Waals surface area contributed by atoms with Crippen LogP contribution in [0.5, 0.6) is 0 Å². The summed E-state index contributed by atoms with van der Waals surface area (Å²) in [4.78, 5) is 49.1. The van der Waals surface area contributed by atoms with Gasteiger partial charge in [0.15, 0.2) is 0 Å². The molecular formula is C22H22N2O6S. The Morgan fingerprint density at radius 1 is 1.06 bits per heavy atom. The van der Waals surface area contributed by atoms with Gasteiger partial charge in [0.25, 0.3) is 11.1 Å². The molecule has 0 aliphatic carbocycles. The van der Waals surface area contributed by atoms with E-state index in [4.69, 9.17) is 4.74 Å². The fraction of sp³-hybridized carbons (Fsp3) is 0.273. The van der Waals surface area contributed by atoms with Crippen LogP contribution in [0.2, 0.25) is 0 Å². The normalized spacial score (nSPS) is 15.0. The van der Waals surface area contributed by atoms with Gasteiger partial charge in [0.2, 0.25) is 0 Å². The summed E-state index contributed by atoms with van der Waals surface area (Å²) in [5.74, 6) is -1.59. The molecule has 31 heavy (non-hydrogen) atoms. The molecule has 0 N–H and O–H groups in total. The van der Waals surface area contributed by atoms with Crippen molar-refractivity contribution in [1.82, 2.24) is 9.47 Å². The van der Waals surface area contributed by atoms with Gasteiger partial charge in [-0.15, -0.1) is 0 Å². The number of aryl methyl sites for hydroxylation is 2. The van der Waals surface area contributed by atoms with Crippen LogP contribution in [0.4, 0.5) is 4.79 Å². The number of carbonyl (C=O) groups excluding carboxylic acids is 4. The molecule has 1 aromatic carbocycles. The van der Waals surface area contributed by atoms with Gasteiger partial charge in [0.05, 0.1) is 24.7 Å². The summed E-state index contributed by atoms with van der Waals surface area (Å²) >= 11 is 0.790. The number of thioether (sulfide) groups is 1. The van der Waals surface area contributed by atoms with E-state index < -0.39 is 29.6 Å². The third-order valence-electron chi connectivity index (χ3n) is 5.00. The fourth-order valence-electron chi connectivity index (χ4n) is 3.43. The van der Waals surface area contributed by atoms with Crippen LogP contribution in [0.25, 0.3) is 11.8 Å². The third-order valence-corrected chi connectivity index (χ3v) is 5.91. The van der Waals surface area contributed by atoms with Gasteiger partial charge in [-0.05, 0) is 74.0 Å². The predicted molar refractivity (Wildman–Crippen MR) is 116 cm³/mol. The first-order chi connectivity index (χ1) is 14.7. The maximum atomic E-state index is 12.6. The van der Waals surface area contributed by atoms with Gasteiger partial charge in [-0.25, -0.2) is 4.79 Å². The number of hydrogen-bond donors (Lipinski definition) is 0. The molecule has 1 aliphatic rings. The Morgan fingerprint density at radius 2 is 1.77 bits per heavy atom. The quantitative estimate of drug-likeness (QED) is 0.517. The van der Waals surface area contributed by atoms with Gasteiger partial charge in [-0.2, -0.15) is 0 Å². The van der Waals surface area contributed by atoms with Crippen molar-refractivity contribution in [3.63, 3.8) is 0 Å². The number of imide groups is 1. The number of esters is 2. The molecule has 0 bridgehead atoms. The minimum atomic E-state index is -0.660. The lowest BCUT2D eigenvalue weighted by molar-refractivity contribution is -0.143. The molecule has 1 fully saturated rings. The highest BCUT2D eigenvalue weighted by Crippen LogP contribution is 2.34. The van der Waals surface area contributed by atoms with Crippen LogP contribution in [0.1, 0.15) is 32.9 Å². The Labute approximate surface area is 183 Å². The first-order valence-electron chi connectivity index (χ1n) is 9.38. The summed E-state index contributed by atoms with van der Waals surface area (Å²) in [5.41, 5.74) is 4.80. The SMILES string of the molecule is COC(=O)CN1C(=O)S/C(=C\c2cc(C)n(-c3ccc(C(=O)OC)cc3C)c2C)C1=O. The Morgan fingerprint density at radius 3 is 2.39 bits per heavy atom. The Bertz CT molecular complexity index is 1130. The highest BCUT2D eigenvalue weighted by atomic mass is 32.2. The van der Waals surface area contributed by atoms with Crippen molar-refractivity contribution in [2.75, 3.05) is 20.8 Å². The molecule has 2 aromatic rings. The number of rotatable bonds is 5. The Kier molecular flexibility index (Phi) is 6.35. The van der Waals surface area contributed by atoms with E-state index in [1.54, 1.807) is 18.2 Å². The highest BCUT2D eigenvalue weighted by molar-refractivity contribution is 8.18. The molecule has 9 heteroatoms. The lowest BCUT2D eigenvalue weighted by Crippen LogP contribution is -2.34. The fourth-order valence-corrected chi connectivity index (χ4v) is 4.26. The van der Waals surface area contributed by atoms with Crippen LogP contribution in [0, 0.1) is 20.8 Å². The van der Waals surface area contributed by atoms with E-state index in [0.717, 1.165) is 44.9 Å². The van der Waals surface area contributed by atoms with Crippen LogP contribution in [-0.4, -0.2) is 53.3 Å². The number of benzene rings is 1. The van der Waals surface area contributed by atoms with Crippen molar-refractivity contribution in [2.24, 2.45) is 0 Å². The van der Waals surface area contributed by atoms with E-state index >= 15 is 0 Å². The zero-order valence-electron chi connectivity index (χ0n) is 17.8. The van der Waals surface area contributed by atoms with Gasteiger partial charge >= 0.3 is 11.9 Å². The molecule has 3 rings (SSSR count). The van der Waals surface area contributed by atoms with Crippen LogP contribution in [-0.2, 0) is 19.1 Å². The zero-order valence-corrected chi connectivity index (χ0v) is 18.7. The molecule has 1 aliphatic heterocycles. The monoisotopic (exact) mass is 442 g/mol. The van der Waals surface area contributed by atoms with Crippen molar-refractivity contribution in [3.8, 4) is 5.69 Å². The van der Waals surface area contributed by atoms with Gasteiger partial charge in [-0.3, -0.25) is 19.3 Å². The van der Waals surface area contributed by atoms with Crippen LogP contribution in [0.15, 0.2) is 29.2 Å². The second-order valence-electron chi connectivity index (χ2n) is 7.00. The van der Waals surface area contributed by atoms with E-state index in [9.17, 15) is 19.2 Å². The van der Waals surface area contributed by atoms with Gasteiger partial charge in [0, 0.05) is 17.1 Å². The zero-order chi connectivity index (χ0) is 22.9. The first-order valence-corrected chi connectivity index (χ1v) is 10.2.